The van der Waals surface area contributed by atoms with Crippen molar-refractivity contribution in [3.8, 4) is 0 Å². The van der Waals surface area contributed by atoms with Gasteiger partial charge in [0, 0.05) is 30.7 Å². The third kappa shape index (κ3) is 3.60. The largest absolute Gasteiger partial charge is 0.389 e. The van der Waals surface area contributed by atoms with Gasteiger partial charge in [-0.1, -0.05) is 13.8 Å². The van der Waals surface area contributed by atoms with Crippen molar-refractivity contribution in [1.82, 2.24) is 20.1 Å². The summed E-state index contributed by atoms with van der Waals surface area (Å²) in [7, 11) is 0. The smallest absolute Gasteiger partial charge is 0.157 e. The molecular formula is C16H26N4O. The molecular weight excluding hydrogens is 264 g/mol. The Morgan fingerprint density at radius 1 is 1.29 bits per heavy atom. The molecule has 0 atom stereocenters. The number of aromatic nitrogens is 3. The van der Waals surface area contributed by atoms with Gasteiger partial charge in [0.25, 0.3) is 0 Å². The molecule has 2 aromatic heterocycles. The van der Waals surface area contributed by atoms with Gasteiger partial charge in [0.1, 0.15) is 0 Å². The van der Waals surface area contributed by atoms with E-state index in [0.29, 0.717) is 19.1 Å². The Kier molecular flexibility index (Phi) is 4.96. The molecule has 116 valence electrons. The van der Waals surface area contributed by atoms with E-state index in [-0.39, 0.29) is 0 Å². The lowest BCUT2D eigenvalue weighted by atomic mass is 9.97. The van der Waals surface area contributed by atoms with E-state index in [2.05, 4.69) is 35.3 Å². The minimum atomic E-state index is -0.611. The number of rotatable bonds is 7. The normalized spacial score (nSPS) is 12.5. The van der Waals surface area contributed by atoms with Gasteiger partial charge in [0.2, 0.25) is 0 Å². The van der Waals surface area contributed by atoms with Crippen molar-refractivity contribution >= 4 is 11.0 Å². The van der Waals surface area contributed by atoms with Crippen LogP contribution in [0.5, 0.6) is 0 Å². The number of hydrogen-bond donors (Lipinski definition) is 2. The minimum absolute atomic E-state index is 0.308. The lowest BCUT2D eigenvalue weighted by Crippen LogP contribution is -2.39. The summed E-state index contributed by atoms with van der Waals surface area (Å²) in [6.45, 7) is 9.53. The van der Waals surface area contributed by atoms with Crippen LogP contribution in [0.25, 0.3) is 11.0 Å². The number of pyridine rings is 1. The van der Waals surface area contributed by atoms with Gasteiger partial charge in [0.05, 0.1) is 11.8 Å². The highest BCUT2D eigenvalue weighted by molar-refractivity contribution is 5.75. The molecule has 0 aliphatic heterocycles. The number of nitrogens with zero attached hydrogens (tertiary/aromatic N) is 3. The van der Waals surface area contributed by atoms with E-state index in [1.54, 1.807) is 0 Å². The summed E-state index contributed by atoms with van der Waals surface area (Å²) in [5, 5.41) is 19.0. The van der Waals surface area contributed by atoms with Gasteiger partial charge in [-0.05, 0) is 38.3 Å². The molecule has 0 fully saturated rings. The second-order valence-corrected chi connectivity index (χ2v) is 5.97. The van der Waals surface area contributed by atoms with Crippen LogP contribution in [0.2, 0.25) is 0 Å². The predicted molar refractivity (Wildman–Crippen MR) is 85.2 cm³/mol. The van der Waals surface area contributed by atoms with Gasteiger partial charge in [-0.2, -0.15) is 5.10 Å². The van der Waals surface area contributed by atoms with Crippen LogP contribution in [0, 0.1) is 0 Å². The molecule has 0 unspecified atom stereocenters. The van der Waals surface area contributed by atoms with Crippen molar-refractivity contribution in [3.05, 3.63) is 24.0 Å². The quantitative estimate of drug-likeness (QED) is 0.823. The summed E-state index contributed by atoms with van der Waals surface area (Å²) >= 11 is 0. The third-order valence-electron chi connectivity index (χ3n) is 4.08. The number of nitrogens with one attached hydrogen (secondary N) is 1. The molecule has 5 nitrogen and oxygen atoms in total. The van der Waals surface area contributed by atoms with Crippen LogP contribution < -0.4 is 5.32 Å². The van der Waals surface area contributed by atoms with E-state index in [4.69, 9.17) is 0 Å². The Morgan fingerprint density at radius 3 is 2.62 bits per heavy atom. The number of hydrogen-bond acceptors (Lipinski definition) is 4. The van der Waals surface area contributed by atoms with Crippen LogP contribution in [-0.2, 0) is 6.54 Å². The van der Waals surface area contributed by atoms with Crippen LogP contribution in [0.15, 0.2) is 18.5 Å². The summed E-state index contributed by atoms with van der Waals surface area (Å²) in [6, 6.07) is 2.42. The molecule has 2 heterocycles. The van der Waals surface area contributed by atoms with Gasteiger partial charge in [0.15, 0.2) is 5.65 Å². The van der Waals surface area contributed by atoms with E-state index in [9.17, 15) is 5.11 Å². The van der Waals surface area contributed by atoms with Gasteiger partial charge in [-0.25, -0.2) is 9.67 Å². The Hall–Kier alpha value is -1.46. The molecule has 0 amide bonds. The van der Waals surface area contributed by atoms with Gasteiger partial charge < -0.3 is 10.4 Å². The zero-order valence-corrected chi connectivity index (χ0v) is 13.4. The predicted octanol–water partition coefficient (Wildman–Crippen LogP) is 2.65. The average molecular weight is 290 g/mol. The number of fused-ring (bicyclic) bond motifs is 1. The zero-order chi connectivity index (χ0) is 15.5. The van der Waals surface area contributed by atoms with Crippen LogP contribution in [0.3, 0.4) is 0 Å². The average Bonchev–Trinajstić information content (AvgIpc) is 2.90. The second-order valence-electron chi connectivity index (χ2n) is 5.97. The molecule has 0 aliphatic carbocycles. The fourth-order valence-corrected chi connectivity index (χ4v) is 2.40. The van der Waals surface area contributed by atoms with Crippen molar-refractivity contribution in [3.63, 3.8) is 0 Å². The Balaban J connectivity index is 2.04. The molecule has 0 aromatic carbocycles. The first-order valence-corrected chi connectivity index (χ1v) is 7.74. The van der Waals surface area contributed by atoms with E-state index < -0.39 is 5.60 Å². The van der Waals surface area contributed by atoms with E-state index in [1.165, 1.54) is 0 Å². The molecule has 0 saturated heterocycles. The molecule has 2 aromatic rings. The number of aliphatic hydroxyl groups is 1. The highest BCUT2D eigenvalue weighted by Gasteiger charge is 2.21. The lowest BCUT2D eigenvalue weighted by molar-refractivity contribution is 0.0323. The summed E-state index contributed by atoms with van der Waals surface area (Å²) in [4.78, 5) is 4.52. The molecule has 2 N–H and O–H groups in total. The SMILES string of the molecule is CCC(O)(CC)CNCc1cnc2c(cnn2C(C)C)c1. The lowest BCUT2D eigenvalue weighted by Gasteiger charge is -2.25. The summed E-state index contributed by atoms with van der Waals surface area (Å²) in [5.41, 5.74) is 1.42. The summed E-state index contributed by atoms with van der Waals surface area (Å²) < 4.78 is 1.93. The second kappa shape index (κ2) is 6.54. The van der Waals surface area contributed by atoms with Gasteiger partial charge in [-0.3, -0.25) is 0 Å². The van der Waals surface area contributed by atoms with Gasteiger partial charge >= 0.3 is 0 Å². The van der Waals surface area contributed by atoms with Crippen molar-refractivity contribution in [2.45, 2.75) is 58.7 Å². The summed E-state index contributed by atoms with van der Waals surface area (Å²) in [5.74, 6) is 0. The molecule has 0 saturated carbocycles. The topological polar surface area (TPSA) is 63.0 Å². The van der Waals surface area contributed by atoms with Crippen molar-refractivity contribution in [2.24, 2.45) is 0 Å². The molecule has 5 heteroatoms. The van der Waals surface area contributed by atoms with Crippen LogP contribution in [-0.4, -0.2) is 32.0 Å². The maximum atomic E-state index is 10.3. The van der Waals surface area contributed by atoms with Crippen molar-refractivity contribution in [2.75, 3.05) is 6.54 Å². The first-order valence-electron chi connectivity index (χ1n) is 7.74. The van der Waals surface area contributed by atoms with Crippen LogP contribution >= 0.6 is 0 Å². The first kappa shape index (κ1) is 15.9. The molecule has 2 rings (SSSR count). The van der Waals surface area contributed by atoms with Gasteiger partial charge in [-0.15, -0.1) is 0 Å². The standard InChI is InChI=1S/C16H26N4O/c1-5-16(21,6-2)11-17-8-13-7-14-10-19-20(12(3)4)15(14)18-9-13/h7,9-10,12,17,21H,5-6,8,11H2,1-4H3. The van der Waals surface area contributed by atoms with E-state index >= 15 is 0 Å². The molecule has 0 radical (unpaired) electrons. The molecule has 0 aliphatic rings. The van der Waals surface area contributed by atoms with E-state index in [1.807, 2.05) is 30.9 Å². The van der Waals surface area contributed by atoms with Crippen molar-refractivity contribution < 1.29 is 5.11 Å². The fraction of sp³-hybridized carbons (Fsp3) is 0.625. The zero-order valence-electron chi connectivity index (χ0n) is 13.4. The maximum Gasteiger partial charge on any atom is 0.157 e. The highest BCUT2D eigenvalue weighted by Crippen LogP contribution is 2.17. The Labute approximate surface area is 126 Å². The molecule has 21 heavy (non-hydrogen) atoms. The fourth-order valence-electron chi connectivity index (χ4n) is 2.40. The molecule has 0 spiro atoms. The molecule has 0 bridgehead atoms. The van der Waals surface area contributed by atoms with Crippen LogP contribution in [0.1, 0.15) is 52.1 Å². The third-order valence-corrected chi connectivity index (χ3v) is 4.08. The summed E-state index contributed by atoms with van der Waals surface area (Å²) in [6.07, 6.45) is 5.26. The monoisotopic (exact) mass is 290 g/mol. The van der Waals surface area contributed by atoms with Crippen LogP contribution in [0.4, 0.5) is 0 Å². The highest BCUT2D eigenvalue weighted by atomic mass is 16.3. The van der Waals surface area contributed by atoms with Crippen molar-refractivity contribution in [1.29, 1.82) is 0 Å². The van der Waals surface area contributed by atoms with E-state index in [0.717, 1.165) is 29.4 Å². The maximum absolute atomic E-state index is 10.3. The Bertz CT molecular complexity index is 587. The minimum Gasteiger partial charge on any atom is -0.389 e. The Morgan fingerprint density at radius 2 is 2.00 bits per heavy atom. The first-order chi connectivity index (χ1) is 9.99.